The summed E-state index contributed by atoms with van der Waals surface area (Å²) in [4.78, 5) is 14.0. The molecule has 0 atom stereocenters. The van der Waals surface area contributed by atoms with Crippen LogP contribution in [-0.2, 0) is 11.2 Å². The normalized spacial score (nSPS) is 10.1. The van der Waals surface area contributed by atoms with Gasteiger partial charge < -0.3 is 15.5 Å². The molecule has 2 aromatic carbocycles. The lowest BCUT2D eigenvalue weighted by Crippen LogP contribution is -2.21. The standard InChI is InChI=1S/C18H23N3O/c1-4-14-5-7-16(8-6-14)20-18(22)13-19-15-9-11-17(12-10-15)21(2)3/h5-12,19H,4,13H2,1-3H3,(H,20,22). The van der Waals surface area contributed by atoms with Crippen molar-refractivity contribution in [3.63, 3.8) is 0 Å². The zero-order chi connectivity index (χ0) is 15.9. The fourth-order valence-corrected chi connectivity index (χ4v) is 2.09. The van der Waals surface area contributed by atoms with Gasteiger partial charge in [0.05, 0.1) is 6.54 Å². The third-order valence-corrected chi connectivity index (χ3v) is 3.48. The smallest absolute Gasteiger partial charge is 0.243 e. The molecule has 4 heteroatoms. The Morgan fingerprint density at radius 1 is 0.955 bits per heavy atom. The number of rotatable bonds is 6. The van der Waals surface area contributed by atoms with Gasteiger partial charge in [0.1, 0.15) is 0 Å². The summed E-state index contributed by atoms with van der Waals surface area (Å²) in [6.45, 7) is 2.36. The van der Waals surface area contributed by atoms with Gasteiger partial charge in [-0.3, -0.25) is 4.79 Å². The molecule has 0 fully saturated rings. The second-order valence-electron chi connectivity index (χ2n) is 5.39. The average molecular weight is 297 g/mol. The number of nitrogens with one attached hydrogen (secondary N) is 2. The minimum Gasteiger partial charge on any atom is -0.378 e. The Labute approximate surface area is 132 Å². The average Bonchev–Trinajstić information content (AvgIpc) is 2.54. The van der Waals surface area contributed by atoms with Gasteiger partial charge in [-0.1, -0.05) is 19.1 Å². The molecule has 22 heavy (non-hydrogen) atoms. The highest BCUT2D eigenvalue weighted by molar-refractivity contribution is 5.93. The summed E-state index contributed by atoms with van der Waals surface area (Å²) in [5.74, 6) is -0.0547. The topological polar surface area (TPSA) is 44.4 Å². The van der Waals surface area contributed by atoms with Gasteiger partial charge in [0, 0.05) is 31.2 Å². The summed E-state index contributed by atoms with van der Waals surface area (Å²) in [6.07, 6.45) is 0.999. The Hall–Kier alpha value is -2.49. The molecule has 0 aliphatic carbocycles. The molecule has 1 amide bonds. The first kappa shape index (κ1) is 15.9. The first-order valence-corrected chi connectivity index (χ1v) is 7.48. The van der Waals surface area contributed by atoms with E-state index >= 15 is 0 Å². The van der Waals surface area contributed by atoms with Gasteiger partial charge in [0.15, 0.2) is 0 Å². The van der Waals surface area contributed by atoms with Crippen LogP contribution >= 0.6 is 0 Å². The molecule has 0 saturated carbocycles. The van der Waals surface area contributed by atoms with Crippen molar-refractivity contribution >= 4 is 23.0 Å². The molecule has 0 aromatic heterocycles. The van der Waals surface area contributed by atoms with Crippen LogP contribution in [0.1, 0.15) is 12.5 Å². The van der Waals surface area contributed by atoms with E-state index in [1.54, 1.807) is 0 Å². The molecule has 116 valence electrons. The van der Waals surface area contributed by atoms with E-state index in [-0.39, 0.29) is 12.5 Å². The van der Waals surface area contributed by atoms with Crippen LogP contribution in [0, 0.1) is 0 Å². The highest BCUT2D eigenvalue weighted by Gasteiger charge is 2.03. The summed E-state index contributed by atoms with van der Waals surface area (Å²) in [6, 6.07) is 15.9. The lowest BCUT2D eigenvalue weighted by Gasteiger charge is -2.13. The molecule has 2 N–H and O–H groups in total. The highest BCUT2D eigenvalue weighted by atomic mass is 16.1. The Kier molecular flexibility index (Phi) is 5.42. The minimum absolute atomic E-state index is 0.0547. The summed E-state index contributed by atoms with van der Waals surface area (Å²) in [7, 11) is 4.00. The lowest BCUT2D eigenvalue weighted by atomic mass is 10.1. The van der Waals surface area contributed by atoms with Crippen LogP contribution in [0.15, 0.2) is 48.5 Å². The van der Waals surface area contributed by atoms with Crippen LogP contribution in [0.5, 0.6) is 0 Å². The zero-order valence-corrected chi connectivity index (χ0v) is 13.4. The Morgan fingerprint density at radius 3 is 2.09 bits per heavy atom. The van der Waals surface area contributed by atoms with E-state index in [4.69, 9.17) is 0 Å². The van der Waals surface area contributed by atoms with Crippen molar-refractivity contribution in [2.24, 2.45) is 0 Å². The van der Waals surface area contributed by atoms with Crippen molar-refractivity contribution in [2.75, 3.05) is 36.2 Å². The molecule has 4 nitrogen and oxygen atoms in total. The van der Waals surface area contributed by atoms with Crippen molar-refractivity contribution in [1.82, 2.24) is 0 Å². The number of hydrogen-bond acceptors (Lipinski definition) is 3. The SMILES string of the molecule is CCc1ccc(NC(=O)CNc2ccc(N(C)C)cc2)cc1. The van der Waals surface area contributed by atoms with Gasteiger partial charge in [-0.25, -0.2) is 0 Å². The van der Waals surface area contributed by atoms with Gasteiger partial charge in [0.25, 0.3) is 0 Å². The van der Waals surface area contributed by atoms with E-state index in [9.17, 15) is 4.79 Å². The minimum atomic E-state index is -0.0547. The predicted molar refractivity (Wildman–Crippen MR) is 93.7 cm³/mol. The van der Waals surface area contributed by atoms with E-state index < -0.39 is 0 Å². The second-order valence-corrected chi connectivity index (χ2v) is 5.39. The number of anilines is 3. The Balaban J connectivity index is 1.84. The van der Waals surface area contributed by atoms with Crippen molar-refractivity contribution < 1.29 is 4.79 Å². The van der Waals surface area contributed by atoms with Gasteiger partial charge in [-0.15, -0.1) is 0 Å². The molecule has 0 saturated heterocycles. The highest BCUT2D eigenvalue weighted by Crippen LogP contribution is 2.15. The van der Waals surface area contributed by atoms with E-state index in [1.807, 2.05) is 67.5 Å². The van der Waals surface area contributed by atoms with Gasteiger partial charge in [-0.05, 0) is 48.4 Å². The third kappa shape index (κ3) is 4.52. The quantitative estimate of drug-likeness (QED) is 0.859. The van der Waals surface area contributed by atoms with Crippen molar-refractivity contribution in [3.8, 4) is 0 Å². The van der Waals surface area contributed by atoms with Crippen molar-refractivity contribution in [3.05, 3.63) is 54.1 Å². The van der Waals surface area contributed by atoms with E-state index in [0.29, 0.717) is 0 Å². The molecule has 2 aromatic rings. The van der Waals surface area contributed by atoms with Crippen LogP contribution in [0.3, 0.4) is 0 Å². The fraction of sp³-hybridized carbons (Fsp3) is 0.278. The van der Waals surface area contributed by atoms with Crippen LogP contribution in [0.25, 0.3) is 0 Å². The molecular formula is C18H23N3O. The monoisotopic (exact) mass is 297 g/mol. The maximum atomic E-state index is 11.9. The number of carbonyl (C=O) groups excluding carboxylic acids is 1. The van der Waals surface area contributed by atoms with Gasteiger partial charge in [0.2, 0.25) is 5.91 Å². The second kappa shape index (κ2) is 7.50. The number of hydrogen-bond donors (Lipinski definition) is 2. The number of carbonyl (C=O) groups is 1. The summed E-state index contributed by atoms with van der Waals surface area (Å²) in [5.41, 5.74) is 4.15. The van der Waals surface area contributed by atoms with Crippen LogP contribution in [-0.4, -0.2) is 26.5 Å². The Morgan fingerprint density at radius 2 is 1.55 bits per heavy atom. The van der Waals surface area contributed by atoms with E-state index in [1.165, 1.54) is 5.56 Å². The fourth-order valence-electron chi connectivity index (χ4n) is 2.09. The van der Waals surface area contributed by atoms with Gasteiger partial charge in [-0.2, -0.15) is 0 Å². The number of amides is 1. The summed E-state index contributed by atoms with van der Waals surface area (Å²) >= 11 is 0. The molecule has 2 rings (SSSR count). The first-order valence-electron chi connectivity index (χ1n) is 7.48. The number of nitrogens with zero attached hydrogens (tertiary/aromatic N) is 1. The molecule has 0 heterocycles. The van der Waals surface area contributed by atoms with Crippen LogP contribution in [0.4, 0.5) is 17.1 Å². The molecule has 0 spiro atoms. The zero-order valence-electron chi connectivity index (χ0n) is 13.4. The molecule has 0 aliphatic rings. The lowest BCUT2D eigenvalue weighted by molar-refractivity contribution is -0.114. The van der Waals surface area contributed by atoms with Crippen LogP contribution < -0.4 is 15.5 Å². The van der Waals surface area contributed by atoms with E-state index in [0.717, 1.165) is 23.5 Å². The van der Waals surface area contributed by atoms with Crippen LogP contribution in [0.2, 0.25) is 0 Å². The largest absolute Gasteiger partial charge is 0.378 e. The predicted octanol–water partition coefficient (Wildman–Crippen LogP) is 3.37. The molecular weight excluding hydrogens is 274 g/mol. The molecule has 0 bridgehead atoms. The molecule has 0 radical (unpaired) electrons. The molecule has 0 unspecified atom stereocenters. The summed E-state index contributed by atoms with van der Waals surface area (Å²) < 4.78 is 0. The van der Waals surface area contributed by atoms with Crippen molar-refractivity contribution in [2.45, 2.75) is 13.3 Å². The van der Waals surface area contributed by atoms with E-state index in [2.05, 4.69) is 17.6 Å². The van der Waals surface area contributed by atoms with Crippen molar-refractivity contribution in [1.29, 1.82) is 0 Å². The number of aryl methyl sites for hydroxylation is 1. The maximum absolute atomic E-state index is 11.9. The van der Waals surface area contributed by atoms with Gasteiger partial charge >= 0.3 is 0 Å². The third-order valence-electron chi connectivity index (χ3n) is 3.48. The molecule has 0 aliphatic heterocycles. The Bertz CT molecular complexity index is 603. The summed E-state index contributed by atoms with van der Waals surface area (Å²) in [5, 5.41) is 6.01. The number of benzene rings is 2. The maximum Gasteiger partial charge on any atom is 0.243 e. The first-order chi connectivity index (χ1) is 10.6.